The molecule has 2 aromatic heterocycles. The van der Waals surface area contributed by atoms with Gasteiger partial charge in [-0.25, -0.2) is 4.98 Å². The quantitative estimate of drug-likeness (QED) is 0.803. The first-order valence-corrected chi connectivity index (χ1v) is 6.20. The highest BCUT2D eigenvalue weighted by Crippen LogP contribution is 2.31. The number of hydrogen-bond donors (Lipinski definition) is 0. The maximum atomic E-state index is 4.37. The molecule has 0 saturated heterocycles. The zero-order valence-electron chi connectivity index (χ0n) is 10.3. The molecule has 1 saturated carbocycles. The smallest absolute Gasteiger partial charge is 0.254 e. The lowest BCUT2D eigenvalue weighted by Gasteiger charge is -2.23. The molecule has 5 heteroatoms. The van der Waals surface area contributed by atoms with Gasteiger partial charge in [0.25, 0.3) is 5.78 Å². The van der Waals surface area contributed by atoms with Crippen molar-refractivity contribution in [3.63, 3.8) is 0 Å². The number of anilines is 1. The number of nitrogens with zero attached hydrogens (tertiary/aromatic N) is 5. The van der Waals surface area contributed by atoms with Crippen molar-refractivity contribution >= 4 is 11.6 Å². The van der Waals surface area contributed by atoms with E-state index in [1.54, 1.807) is 6.33 Å². The molecule has 2 heterocycles. The summed E-state index contributed by atoms with van der Waals surface area (Å²) in [5.41, 5.74) is 0.995. The van der Waals surface area contributed by atoms with Gasteiger partial charge in [0.15, 0.2) is 0 Å². The summed E-state index contributed by atoms with van der Waals surface area (Å²) in [6.45, 7) is 6.30. The highest BCUT2D eigenvalue weighted by molar-refractivity contribution is 5.47. The number of aromatic nitrogens is 4. The minimum atomic E-state index is 0.689. The van der Waals surface area contributed by atoms with E-state index in [1.807, 2.05) is 11.4 Å². The Labute approximate surface area is 100 Å². The Kier molecular flexibility index (Phi) is 2.46. The fourth-order valence-corrected chi connectivity index (χ4v) is 2.13. The zero-order valence-corrected chi connectivity index (χ0v) is 10.3. The Bertz CT molecular complexity index is 529. The molecule has 1 aliphatic carbocycles. The van der Waals surface area contributed by atoms with E-state index in [0.29, 0.717) is 5.78 Å². The number of hydrogen-bond acceptors (Lipinski definition) is 4. The van der Waals surface area contributed by atoms with Crippen LogP contribution in [-0.4, -0.2) is 32.7 Å². The van der Waals surface area contributed by atoms with Gasteiger partial charge in [-0.1, -0.05) is 0 Å². The van der Waals surface area contributed by atoms with Crippen molar-refractivity contribution in [2.24, 2.45) is 5.92 Å². The summed E-state index contributed by atoms with van der Waals surface area (Å²) in [4.78, 5) is 10.9. The van der Waals surface area contributed by atoms with Gasteiger partial charge in [-0.05, 0) is 32.6 Å². The van der Waals surface area contributed by atoms with E-state index in [-0.39, 0.29) is 0 Å². The molecule has 5 nitrogen and oxygen atoms in total. The molecule has 0 aliphatic heterocycles. The molecule has 0 N–H and O–H groups in total. The Balaban J connectivity index is 2.03. The van der Waals surface area contributed by atoms with Crippen LogP contribution in [0.15, 0.2) is 12.4 Å². The maximum Gasteiger partial charge on any atom is 0.254 e. The van der Waals surface area contributed by atoms with Crippen LogP contribution in [-0.2, 0) is 0 Å². The molecule has 2 aromatic rings. The molecule has 3 rings (SSSR count). The fraction of sp³-hybridized carbons (Fsp3) is 0.583. The number of rotatable bonds is 4. The molecule has 0 spiro atoms. The van der Waals surface area contributed by atoms with E-state index in [4.69, 9.17) is 0 Å². The SMILES string of the molecule is CCN(CC1CC1)c1cc(C)nc2ncnn12. The van der Waals surface area contributed by atoms with Crippen LogP contribution in [0.3, 0.4) is 0 Å². The van der Waals surface area contributed by atoms with Crippen LogP contribution < -0.4 is 4.90 Å². The van der Waals surface area contributed by atoms with Gasteiger partial charge in [-0.2, -0.15) is 14.6 Å². The third kappa shape index (κ3) is 1.97. The van der Waals surface area contributed by atoms with Crippen LogP contribution in [0.5, 0.6) is 0 Å². The van der Waals surface area contributed by atoms with E-state index < -0.39 is 0 Å². The van der Waals surface area contributed by atoms with Crippen molar-refractivity contribution in [1.82, 2.24) is 19.6 Å². The highest BCUT2D eigenvalue weighted by Gasteiger charge is 2.25. The second-order valence-corrected chi connectivity index (χ2v) is 4.71. The van der Waals surface area contributed by atoms with E-state index in [2.05, 4.69) is 33.0 Å². The zero-order chi connectivity index (χ0) is 11.8. The molecule has 0 amide bonds. The molecule has 0 bridgehead atoms. The minimum Gasteiger partial charge on any atom is -0.356 e. The lowest BCUT2D eigenvalue weighted by Crippen LogP contribution is -2.27. The van der Waals surface area contributed by atoms with Gasteiger partial charge in [-0.3, -0.25) is 0 Å². The monoisotopic (exact) mass is 231 g/mol. The molecular formula is C12H17N5. The summed E-state index contributed by atoms with van der Waals surface area (Å²) in [5, 5.41) is 4.26. The Morgan fingerprint density at radius 2 is 2.29 bits per heavy atom. The third-order valence-corrected chi connectivity index (χ3v) is 3.24. The summed E-state index contributed by atoms with van der Waals surface area (Å²) in [6, 6.07) is 2.09. The van der Waals surface area contributed by atoms with E-state index in [1.165, 1.54) is 12.8 Å². The topological polar surface area (TPSA) is 46.3 Å². The predicted octanol–water partition coefficient (Wildman–Crippen LogP) is 1.67. The Morgan fingerprint density at radius 1 is 1.47 bits per heavy atom. The first-order chi connectivity index (χ1) is 8.28. The normalized spacial score (nSPS) is 15.4. The van der Waals surface area contributed by atoms with Crippen LogP contribution in [0.2, 0.25) is 0 Å². The van der Waals surface area contributed by atoms with Crippen LogP contribution in [0.1, 0.15) is 25.5 Å². The first kappa shape index (κ1) is 10.5. The van der Waals surface area contributed by atoms with Crippen molar-refractivity contribution in [1.29, 1.82) is 0 Å². The summed E-state index contributed by atoms with van der Waals surface area (Å²) >= 11 is 0. The average Bonchev–Trinajstić information content (AvgIpc) is 3.01. The average molecular weight is 231 g/mol. The second kappa shape index (κ2) is 3.98. The molecule has 0 radical (unpaired) electrons. The van der Waals surface area contributed by atoms with Gasteiger partial charge in [0.1, 0.15) is 12.1 Å². The lowest BCUT2D eigenvalue weighted by molar-refractivity contribution is 0.713. The third-order valence-electron chi connectivity index (χ3n) is 3.24. The summed E-state index contributed by atoms with van der Waals surface area (Å²) in [5.74, 6) is 2.66. The summed E-state index contributed by atoms with van der Waals surface area (Å²) < 4.78 is 1.83. The maximum absolute atomic E-state index is 4.37. The van der Waals surface area contributed by atoms with Gasteiger partial charge < -0.3 is 4.90 Å². The van der Waals surface area contributed by atoms with Gasteiger partial charge in [0.05, 0.1) is 0 Å². The molecule has 0 aromatic carbocycles. The number of aryl methyl sites for hydroxylation is 1. The van der Waals surface area contributed by atoms with E-state index in [0.717, 1.165) is 30.5 Å². The van der Waals surface area contributed by atoms with Gasteiger partial charge in [0, 0.05) is 24.8 Å². The van der Waals surface area contributed by atoms with Crippen LogP contribution in [0, 0.1) is 12.8 Å². The van der Waals surface area contributed by atoms with Gasteiger partial charge in [0.2, 0.25) is 0 Å². The van der Waals surface area contributed by atoms with Crippen LogP contribution in [0.4, 0.5) is 5.82 Å². The predicted molar refractivity (Wildman–Crippen MR) is 66.1 cm³/mol. The van der Waals surface area contributed by atoms with E-state index >= 15 is 0 Å². The van der Waals surface area contributed by atoms with Gasteiger partial charge >= 0.3 is 0 Å². The van der Waals surface area contributed by atoms with Crippen LogP contribution in [0.25, 0.3) is 5.78 Å². The molecule has 0 unspecified atom stereocenters. The van der Waals surface area contributed by atoms with Gasteiger partial charge in [-0.15, -0.1) is 0 Å². The standard InChI is InChI=1S/C12H17N5/c1-3-16(7-10-4-5-10)11-6-9(2)15-12-13-8-14-17(11)12/h6,8,10H,3-5,7H2,1-2H3. The Morgan fingerprint density at radius 3 is 3.00 bits per heavy atom. The highest BCUT2D eigenvalue weighted by atomic mass is 15.4. The number of fused-ring (bicyclic) bond motifs is 1. The lowest BCUT2D eigenvalue weighted by atomic mass is 10.3. The van der Waals surface area contributed by atoms with Crippen molar-refractivity contribution in [2.45, 2.75) is 26.7 Å². The second-order valence-electron chi connectivity index (χ2n) is 4.71. The van der Waals surface area contributed by atoms with E-state index in [9.17, 15) is 0 Å². The van der Waals surface area contributed by atoms with Crippen molar-refractivity contribution in [2.75, 3.05) is 18.0 Å². The first-order valence-electron chi connectivity index (χ1n) is 6.20. The molecule has 17 heavy (non-hydrogen) atoms. The van der Waals surface area contributed by atoms with Crippen molar-refractivity contribution in [3.8, 4) is 0 Å². The molecule has 90 valence electrons. The molecule has 1 fully saturated rings. The summed E-state index contributed by atoms with van der Waals surface area (Å²) in [7, 11) is 0. The molecule has 0 atom stereocenters. The fourth-order valence-electron chi connectivity index (χ4n) is 2.13. The molecular weight excluding hydrogens is 214 g/mol. The minimum absolute atomic E-state index is 0.689. The Hall–Kier alpha value is -1.65. The van der Waals surface area contributed by atoms with Crippen LogP contribution >= 0.6 is 0 Å². The van der Waals surface area contributed by atoms with Crippen molar-refractivity contribution < 1.29 is 0 Å². The summed E-state index contributed by atoms with van der Waals surface area (Å²) in [6.07, 6.45) is 4.29. The van der Waals surface area contributed by atoms with Crippen molar-refractivity contribution in [3.05, 3.63) is 18.1 Å². The molecule has 1 aliphatic rings. The largest absolute Gasteiger partial charge is 0.356 e.